The minimum Gasteiger partial charge on any atom is -0.407 e. The summed E-state index contributed by atoms with van der Waals surface area (Å²) in [5.74, 6) is -0.590. The van der Waals surface area contributed by atoms with Gasteiger partial charge in [-0.3, -0.25) is 14.8 Å². The van der Waals surface area contributed by atoms with Gasteiger partial charge in [0.25, 0.3) is 0 Å². The molecule has 6 nitrogen and oxygen atoms in total. The zero-order valence-electron chi connectivity index (χ0n) is 10.4. The van der Waals surface area contributed by atoms with Crippen LogP contribution in [0.25, 0.3) is 11.1 Å². The molecule has 2 heterocycles. The summed E-state index contributed by atoms with van der Waals surface area (Å²) >= 11 is 1.44. The Bertz CT molecular complexity index is 789. The zero-order chi connectivity index (χ0) is 13.9. The number of amides is 1. The van der Waals surface area contributed by atoms with E-state index in [0.717, 1.165) is 10.4 Å². The van der Waals surface area contributed by atoms with Crippen molar-refractivity contribution in [3.63, 3.8) is 0 Å². The van der Waals surface area contributed by atoms with Gasteiger partial charge in [0.05, 0.1) is 17.4 Å². The maximum absolute atomic E-state index is 11.8. The minimum atomic E-state index is -0.497. The van der Waals surface area contributed by atoms with Crippen LogP contribution in [0.5, 0.6) is 0 Å². The van der Waals surface area contributed by atoms with Crippen molar-refractivity contribution in [2.24, 2.45) is 0 Å². The van der Waals surface area contributed by atoms with Crippen LogP contribution < -0.4 is 11.1 Å². The van der Waals surface area contributed by atoms with Crippen molar-refractivity contribution in [1.29, 1.82) is 0 Å². The average Bonchev–Trinajstić information content (AvgIpc) is 3.04. The third-order valence-electron chi connectivity index (χ3n) is 2.82. The van der Waals surface area contributed by atoms with Crippen LogP contribution in [-0.2, 0) is 17.8 Å². The first kappa shape index (κ1) is 12.6. The van der Waals surface area contributed by atoms with Crippen molar-refractivity contribution >= 4 is 28.3 Å². The van der Waals surface area contributed by atoms with Crippen LogP contribution >= 0.6 is 11.3 Å². The van der Waals surface area contributed by atoms with E-state index >= 15 is 0 Å². The van der Waals surface area contributed by atoms with Gasteiger partial charge in [0.1, 0.15) is 0 Å². The van der Waals surface area contributed by atoms with E-state index in [0.29, 0.717) is 24.1 Å². The number of aromatic amines is 1. The molecule has 2 aromatic heterocycles. The Balaban J connectivity index is 1.70. The number of aromatic nitrogens is 2. The van der Waals surface area contributed by atoms with Gasteiger partial charge in [-0.25, -0.2) is 4.79 Å². The molecule has 3 rings (SSSR count). The molecule has 0 aliphatic heterocycles. The van der Waals surface area contributed by atoms with Gasteiger partial charge in [0.15, 0.2) is 5.58 Å². The molecule has 20 heavy (non-hydrogen) atoms. The fraction of sp³-hybridized carbons (Fsp3) is 0.154. The van der Waals surface area contributed by atoms with Crippen LogP contribution in [0, 0.1) is 0 Å². The highest BCUT2D eigenvalue weighted by Crippen LogP contribution is 2.15. The van der Waals surface area contributed by atoms with Crippen molar-refractivity contribution in [2.45, 2.75) is 13.0 Å². The Hall–Kier alpha value is -2.41. The number of para-hydroxylation sites is 1. The van der Waals surface area contributed by atoms with Crippen molar-refractivity contribution < 1.29 is 9.21 Å². The number of hydrogen-bond acceptors (Lipinski definition) is 5. The first-order valence-electron chi connectivity index (χ1n) is 5.97. The fourth-order valence-corrected chi connectivity index (χ4v) is 2.51. The van der Waals surface area contributed by atoms with Crippen molar-refractivity contribution in [3.8, 4) is 0 Å². The number of thiazole rings is 1. The summed E-state index contributed by atoms with van der Waals surface area (Å²) in [7, 11) is 0. The van der Waals surface area contributed by atoms with E-state index in [1.165, 1.54) is 11.3 Å². The lowest BCUT2D eigenvalue weighted by Crippen LogP contribution is -2.24. The maximum Gasteiger partial charge on any atom is 0.417 e. The van der Waals surface area contributed by atoms with Gasteiger partial charge in [0, 0.05) is 23.2 Å². The van der Waals surface area contributed by atoms with Crippen LogP contribution in [0.2, 0.25) is 0 Å². The standard InChI is InChI=1S/C13H11N3O3S/c17-11(4-9-6-14-7-20-9)15-5-8-2-1-3-10-12(8)19-13(18)16-10/h1-3,6-7H,4-5H2,(H,15,17)(H,16,18). The quantitative estimate of drug-likeness (QED) is 0.760. The number of benzene rings is 1. The lowest BCUT2D eigenvalue weighted by molar-refractivity contribution is -0.120. The molecule has 7 heteroatoms. The van der Waals surface area contributed by atoms with Gasteiger partial charge < -0.3 is 9.73 Å². The summed E-state index contributed by atoms with van der Waals surface area (Å²) in [5.41, 5.74) is 3.57. The number of rotatable bonds is 4. The average molecular weight is 289 g/mol. The van der Waals surface area contributed by atoms with E-state index in [1.807, 2.05) is 6.07 Å². The molecule has 0 atom stereocenters. The summed E-state index contributed by atoms with van der Waals surface area (Å²) in [6.07, 6.45) is 1.98. The molecule has 102 valence electrons. The number of H-pyrrole nitrogens is 1. The van der Waals surface area contributed by atoms with Crippen molar-refractivity contribution in [2.75, 3.05) is 0 Å². The van der Waals surface area contributed by atoms with Gasteiger partial charge in [0.2, 0.25) is 5.91 Å². The molecule has 3 aromatic rings. The lowest BCUT2D eigenvalue weighted by Gasteiger charge is -2.04. The first-order valence-corrected chi connectivity index (χ1v) is 6.85. The van der Waals surface area contributed by atoms with Gasteiger partial charge in [-0.2, -0.15) is 0 Å². The van der Waals surface area contributed by atoms with Crippen molar-refractivity contribution in [1.82, 2.24) is 15.3 Å². The van der Waals surface area contributed by atoms with E-state index in [2.05, 4.69) is 15.3 Å². The van der Waals surface area contributed by atoms with Crippen molar-refractivity contribution in [3.05, 3.63) is 50.9 Å². The second-order valence-electron chi connectivity index (χ2n) is 4.23. The molecule has 0 aliphatic carbocycles. The topological polar surface area (TPSA) is 88.0 Å². The highest BCUT2D eigenvalue weighted by Gasteiger charge is 2.09. The summed E-state index contributed by atoms with van der Waals surface area (Å²) in [5, 5.41) is 2.80. The second-order valence-corrected chi connectivity index (χ2v) is 5.20. The van der Waals surface area contributed by atoms with E-state index in [4.69, 9.17) is 4.42 Å². The van der Waals surface area contributed by atoms with Gasteiger partial charge in [-0.15, -0.1) is 11.3 Å². The summed E-state index contributed by atoms with van der Waals surface area (Å²) in [6, 6.07) is 5.37. The molecule has 0 spiro atoms. The number of oxazole rings is 1. The Morgan fingerprint density at radius 1 is 1.45 bits per heavy atom. The van der Waals surface area contributed by atoms with E-state index in [1.54, 1.807) is 23.8 Å². The van der Waals surface area contributed by atoms with Gasteiger partial charge in [-0.1, -0.05) is 12.1 Å². The largest absolute Gasteiger partial charge is 0.417 e. The molecule has 0 saturated carbocycles. The summed E-state index contributed by atoms with van der Waals surface area (Å²) < 4.78 is 5.07. The smallest absolute Gasteiger partial charge is 0.407 e. The van der Waals surface area contributed by atoms with Gasteiger partial charge >= 0.3 is 5.76 Å². The monoisotopic (exact) mass is 289 g/mol. The number of carbonyl (C=O) groups excluding carboxylic acids is 1. The summed E-state index contributed by atoms with van der Waals surface area (Å²) in [6.45, 7) is 0.315. The molecular formula is C13H11N3O3S. The molecule has 1 aromatic carbocycles. The van der Waals surface area contributed by atoms with Crippen LogP contribution in [0.15, 0.2) is 39.1 Å². The van der Waals surface area contributed by atoms with Crippen LogP contribution in [-0.4, -0.2) is 15.9 Å². The molecular weight excluding hydrogens is 278 g/mol. The Morgan fingerprint density at radius 2 is 2.35 bits per heavy atom. The highest BCUT2D eigenvalue weighted by atomic mass is 32.1. The Kier molecular flexibility index (Phi) is 3.34. The normalized spacial score (nSPS) is 10.8. The van der Waals surface area contributed by atoms with Crippen LogP contribution in [0.1, 0.15) is 10.4 Å². The number of hydrogen-bond donors (Lipinski definition) is 2. The molecule has 0 unspecified atom stereocenters. The second kappa shape index (κ2) is 5.30. The van der Waals surface area contributed by atoms with E-state index < -0.39 is 5.76 Å². The summed E-state index contributed by atoms with van der Waals surface area (Å²) in [4.78, 5) is 30.4. The third kappa shape index (κ3) is 2.62. The number of nitrogens with zero attached hydrogens (tertiary/aromatic N) is 1. The lowest BCUT2D eigenvalue weighted by atomic mass is 10.2. The third-order valence-corrected chi connectivity index (χ3v) is 3.60. The van der Waals surface area contributed by atoms with Gasteiger partial charge in [-0.05, 0) is 6.07 Å². The SMILES string of the molecule is O=C(Cc1cncs1)NCc1cccc2[nH]c(=O)oc12. The molecule has 2 N–H and O–H groups in total. The molecule has 0 radical (unpaired) electrons. The Labute approximate surface area is 117 Å². The maximum atomic E-state index is 11.8. The fourth-order valence-electron chi connectivity index (χ4n) is 1.92. The van der Waals surface area contributed by atoms with E-state index in [-0.39, 0.29) is 5.91 Å². The van der Waals surface area contributed by atoms with Crippen LogP contribution in [0.3, 0.4) is 0 Å². The van der Waals surface area contributed by atoms with E-state index in [9.17, 15) is 9.59 Å². The molecule has 0 saturated heterocycles. The minimum absolute atomic E-state index is 0.0934. The van der Waals surface area contributed by atoms with Crippen LogP contribution in [0.4, 0.5) is 0 Å². The highest BCUT2D eigenvalue weighted by molar-refractivity contribution is 7.09. The molecule has 0 bridgehead atoms. The number of nitrogens with one attached hydrogen (secondary N) is 2. The molecule has 0 fully saturated rings. The number of fused-ring (bicyclic) bond motifs is 1. The predicted molar refractivity (Wildman–Crippen MR) is 74.5 cm³/mol. The number of carbonyl (C=O) groups is 1. The molecule has 0 aliphatic rings. The Morgan fingerprint density at radius 3 is 3.15 bits per heavy atom. The zero-order valence-corrected chi connectivity index (χ0v) is 11.2. The first-order chi connectivity index (χ1) is 9.72. The predicted octanol–water partition coefficient (Wildman–Crippen LogP) is 1.44. The molecule has 1 amide bonds.